The summed E-state index contributed by atoms with van der Waals surface area (Å²) in [6.45, 7) is 9.88. The van der Waals surface area contributed by atoms with E-state index in [0.717, 1.165) is 24.7 Å². The van der Waals surface area contributed by atoms with Gasteiger partial charge in [-0.15, -0.1) is 6.58 Å². The third-order valence-electron chi connectivity index (χ3n) is 3.55. The van der Waals surface area contributed by atoms with Gasteiger partial charge < -0.3 is 9.88 Å². The molecule has 0 saturated carbocycles. The molecule has 0 fully saturated rings. The van der Waals surface area contributed by atoms with E-state index in [9.17, 15) is 0 Å². The minimum absolute atomic E-state index is 0.772. The van der Waals surface area contributed by atoms with E-state index in [1.807, 2.05) is 13.0 Å². The normalized spacial score (nSPS) is 10.7. The number of aromatic nitrogens is 2. The molecule has 0 radical (unpaired) electrons. The smallest absolute Gasteiger partial charge is 0.203 e. The third kappa shape index (κ3) is 6.78. The molecule has 0 aromatic carbocycles. The van der Waals surface area contributed by atoms with Gasteiger partial charge in [-0.2, -0.15) is 0 Å². The van der Waals surface area contributed by atoms with Crippen LogP contribution >= 0.6 is 0 Å². The van der Waals surface area contributed by atoms with E-state index < -0.39 is 0 Å². The average molecular weight is 277 g/mol. The summed E-state index contributed by atoms with van der Waals surface area (Å²) in [5, 5.41) is 3.29. The van der Waals surface area contributed by atoms with Crippen molar-refractivity contribution in [3.05, 3.63) is 24.5 Å². The number of nitrogens with zero attached hydrogens (tertiary/aromatic N) is 2. The first-order valence-electron chi connectivity index (χ1n) is 8.16. The SMILES string of the molecule is C=CCNc1nc(C)cn1CCCCCCCCCC. The monoisotopic (exact) mass is 277 g/mol. The molecular formula is C17H31N3. The number of rotatable bonds is 12. The summed E-state index contributed by atoms with van der Waals surface area (Å²) in [5.74, 6) is 0.977. The number of imidazole rings is 1. The number of anilines is 1. The Bertz CT molecular complexity index is 368. The lowest BCUT2D eigenvalue weighted by atomic mass is 10.1. The van der Waals surface area contributed by atoms with Gasteiger partial charge in [0.1, 0.15) is 0 Å². The van der Waals surface area contributed by atoms with Crippen LogP contribution in [0.2, 0.25) is 0 Å². The van der Waals surface area contributed by atoms with E-state index in [2.05, 4.69) is 34.6 Å². The molecular weight excluding hydrogens is 246 g/mol. The topological polar surface area (TPSA) is 29.9 Å². The number of hydrogen-bond donors (Lipinski definition) is 1. The summed E-state index contributed by atoms with van der Waals surface area (Å²) in [4.78, 5) is 4.50. The van der Waals surface area contributed by atoms with E-state index in [4.69, 9.17) is 0 Å². The Balaban J connectivity index is 2.16. The Morgan fingerprint density at radius 3 is 2.45 bits per heavy atom. The second kappa shape index (κ2) is 10.5. The molecule has 114 valence electrons. The van der Waals surface area contributed by atoms with Crippen LogP contribution in [0.3, 0.4) is 0 Å². The van der Waals surface area contributed by atoms with Crippen LogP contribution in [-0.2, 0) is 6.54 Å². The molecule has 0 aliphatic rings. The quantitative estimate of drug-likeness (QED) is 0.433. The van der Waals surface area contributed by atoms with E-state index in [-0.39, 0.29) is 0 Å². The molecule has 0 amide bonds. The van der Waals surface area contributed by atoms with Gasteiger partial charge >= 0.3 is 0 Å². The van der Waals surface area contributed by atoms with Crippen molar-refractivity contribution >= 4 is 5.95 Å². The highest BCUT2D eigenvalue weighted by atomic mass is 15.2. The lowest BCUT2D eigenvalue weighted by molar-refractivity contribution is 0.545. The van der Waals surface area contributed by atoms with Gasteiger partial charge in [-0.3, -0.25) is 0 Å². The third-order valence-corrected chi connectivity index (χ3v) is 3.55. The van der Waals surface area contributed by atoms with E-state index in [1.165, 1.54) is 51.4 Å². The molecule has 1 heterocycles. The van der Waals surface area contributed by atoms with Crippen molar-refractivity contribution < 1.29 is 0 Å². The lowest BCUT2D eigenvalue weighted by Gasteiger charge is -2.08. The van der Waals surface area contributed by atoms with Crippen LogP contribution in [0.5, 0.6) is 0 Å². The van der Waals surface area contributed by atoms with E-state index >= 15 is 0 Å². The lowest BCUT2D eigenvalue weighted by Crippen LogP contribution is -2.07. The van der Waals surface area contributed by atoms with Gasteiger partial charge in [0.15, 0.2) is 0 Å². The fourth-order valence-electron chi connectivity index (χ4n) is 2.44. The Hall–Kier alpha value is -1.25. The van der Waals surface area contributed by atoms with Gasteiger partial charge in [-0.05, 0) is 13.3 Å². The first kappa shape index (κ1) is 16.8. The molecule has 20 heavy (non-hydrogen) atoms. The van der Waals surface area contributed by atoms with E-state index in [1.54, 1.807) is 0 Å². The van der Waals surface area contributed by atoms with Crippen LogP contribution in [0.25, 0.3) is 0 Å². The summed E-state index contributed by atoms with van der Waals surface area (Å²) in [7, 11) is 0. The Labute approximate surface area is 124 Å². The van der Waals surface area contributed by atoms with Gasteiger partial charge in [0.25, 0.3) is 0 Å². The molecule has 1 aromatic heterocycles. The van der Waals surface area contributed by atoms with Crippen molar-refractivity contribution in [2.45, 2.75) is 71.8 Å². The van der Waals surface area contributed by atoms with Crippen LogP contribution in [-0.4, -0.2) is 16.1 Å². The van der Waals surface area contributed by atoms with Crippen LogP contribution < -0.4 is 5.32 Å². The molecule has 0 atom stereocenters. The predicted octanol–water partition coefficient (Wildman–Crippen LogP) is 4.93. The van der Waals surface area contributed by atoms with Crippen molar-refractivity contribution in [2.24, 2.45) is 0 Å². The second-order valence-electron chi connectivity index (χ2n) is 5.54. The zero-order chi connectivity index (χ0) is 14.6. The van der Waals surface area contributed by atoms with Crippen LogP contribution in [0.4, 0.5) is 5.95 Å². The maximum Gasteiger partial charge on any atom is 0.203 e. The second-order valence-corrected chi connectivity index (χ2v) is 5.54. The van der Waals surface area contributed by atoms with Crippen molar-refractivity contribution in [1.82, 2.24) is 9.55 Å². The molecule has 0 unspecified atom stereocenters. The summed E-state index contributed by atoms with van der Waals surface area (Å²) >= 11 is 0. The number of aryl methyl sites for hydroxylation is 2. The molecule has 1 N–H and O–H groups in total. The van der Waals surface area contributed by atoms with Gasteiger partial charge in [0.05, 0.1) is 5.69 Å². The molecule has 3 nitrogen and oxygen atoms in total. The minimum atomic E-state index is 0.772. The predicted molar refractivity (Wildman–Crippen MR) is 88.3 cm³/mol. The van der Waals surface area contributed by atoms with Gasteiger partial charge in [-0.25, -0.2) is 4.98 Å². The Morgan fingerprint density at radius 1 is 1.15 bits per heavy atom. The van der Waals surface area contributed by atoms with Crippen molar-refractivity contribution in [3.8, 4) is 0 Å². The number of nitrogens with one attached hydrogen (secondary N) is 1. The van der Waals surface area contributed by atoms with Crippen molar-refractivity contribution in [1.29, 1.82) is 0 Å². The maximum absolute atomic E-state index is 4.50. The van der Waals surface area contributed by atoms with Gasteiger partial charge in [-0.1, -0.05) is 57.9 Å². The van der Waals surface area contributed by atoms with Crippen LogP contribution in [0, 0.1) is 6.92 Å². The zero-order valence-electron chi connectivity index (χ0n) is 13.3. The van der Waals surface area contributed by atoms with Crippen LogP contribution in [0.15, 0.2) is 18.9 Å². The number of unbranched alkanes of at least 4 members (excludes halogenated alkanes) is 7. The average Bonchev–Trinajstić information content (AvgIpc) is 2.79. The standard InChI is InChI=1S/C17H31N3/c1-4-6-7-8-9-10-11-12-14-20-15-16(3)19-17(20)18-13-5-2/h5,15H,2,4,6-14H2,1,3H3,(H,18,19). The molecule has 0 saturated heterocycles. The molecule has 0 spiro atoms. The molecule has 1 aromatic rings. The fraction of sp³-hybridized carbons (Fsp3) is 0.706. The van der Waals surface area contributed by atoms with Gasteiger partial charge in [0.2, 0.25) is 5.95 Å². The summed E-state index contributed by atoms with van der Waals surface area (Å²) in [6.07, 6.45) is 14.9. The first-order valence-corrected chi connectivity index (χ1v) is 8.16. The summed E-state index contributed by atoms with van der Waals surface area (Å²) in [5.41, 5.74) is 1.08. The Kier molecular flexibility index (Phi) is 8.84. The summed E-state index contributed by atoms with van der Waals surface area (Å²) in [6, 6.07) is 0. The van der Waals surface area contributed by atoms with Crippen LogP contribution in [0.1, 0.15) is 64.0 Å². The highest BCUT2D eigenvalue weighted by Crippen LogP contribution is 2.12. The molecule has 0 bridgehead atoms. The molecule has 0 aliphatic carbocycles. The van der Waals surface area contributed by atoms with Crippen molar-refractivity contribution in [3.63, 3.8) is 0 Å². The van der Waals surface area contributed by atoms with Gasteiger partial charge in [0, 0.05) is 19.3 Å². The minimum Gasteiger partial charge on any atom is -0.352 e. The highest BCUT2D eigenvalue weighted by molar-refractivity contribution is 5.29. The highest BCUT2D eigenvalue weighted by Gasteiger charge is 2.03. The maximum atomic E-state index is 4.50. The zero-order valence-corrected chi connectivity index (χ0v) is 13.3. The number of hydrogen-bond acceptors (Lipinski definition) is 2. The first-order chi connectivity index (χ1) is 9.77. The molecule has 1 rings (SSSR count). The van der Waals surface area contributed by atoms with Crippen molar-refractivity contribution in [2.75, 3.05) is 11.9 Å². The summed E-state index contributed by atoms with van der Waals surface area (Å²) < 4.78 is 2.23. The van der Waals surface area contributed by atoms with E-state index in [0.29, 0.717) is 0 Å². The molecule has 0 aliphatic heterocycles. The fourth-order valence-corrected chi connectivity index (χ4v) is 2.44. The Morgan fingerprint density at radius 2 is 1.80 bits per heavy atom. The largest absolute Gasteiger partial charge is 0.352 e. The molecule has 3 heteroatoms.